The second kappa shape index (κ2) is 4.69. The van der Waals surface area contributed by atoms with Gasteiger partial charge in [0.2, 0.25) is 5.89 Å². The van der Waals surface area contributed by atoms with E-state index in [1.807, 2.05) is 11.6 Å². The maximum Gasteiger partial charge on any atom is 0.348 e. The molecule has 0 aliphatic heterocycles. The summed E-state index contributed by atoms with van der Waals surface area (Å²) >= 11 is 0. The van der Waals surface area contributed by atoms with Gasteiger partial charge in [-0.2, -0.15) is 10.1 Å². The summed E-state index contributed by atoms with van der Waals surface area (Å²) in [5, 5.41) is 5.21. The van der Waals surface area contributed by atoms with Gasteiger partial charge in [-0.15, -0.1) is 0 Å². The highest BCUT2D eigenvalue weighted by Crippen LogP contribution is 2.35. The molecule has 4 rings (SSSR count). The molecule has 3 aromatic rings. The third kappa shape index (κ3) is 1.91. The SMILES string of the molecule is Cc1coc(-c2nn(C3CCCC3)c3nc(=O)[nH]c(N)c23)n1. The standard InChI is InChI=1S/C14H16N6O2/c1-7-6-22-13(16-7)10-9-11(15)17-14(21)18-12(9)20(19-10)8-4-2-3-5-8/h6,8H,2-5H2,1H3,(H3,15,17,18,21). The first-order valence-electron chi connectivity index (χ1n) is 7.34. The molecule has 22 heavy (non-hydrogen) atoms. The second-order valence-corrected chi connectivity index (χ2v) is 5.68. The number of aryl methyl sites for hydroxylation is 1. The van der Waals surface area contributed by atoms with Crippen LogP contribution in [0.5, 0.6) is 0 Å². The molecule has 0 spiro atoms. The number of rotatable bonds is 2. The van der Waals surface area contributed by atoms with Crippen LogP contribution in [0.1, 0.15) is 37.4 Å². The Morgan fingerprint density at radius 3 is 2.82 bits per heavy atom. The number of nitrogen functional groups attached to an aromatic ring is 1. The van der Waals surface area contributed by atoms with Gasteiger partial charge in [0.25, 0.3) is 0 Å². The van der Waals surface area contributed by atoms with Crippen molar-refractivity contribution >= 4 is 16.9 Å². The van der Waals surface area contributed by atoms with E-state index >= 15 is 0 Å². The second-order valence-electron chi connectivity index (χ2n) is 5.68. The molecule has 0 unspecified atom stereocenters. The van der Waals surface area contributed by atoms with E-state index in [9.17, 15) is 4.79 Å². The summed E-state index contributed by atoms with van der Waals surface area (Å²) in [5.74, 6) is 0.630. The molecule has 0 atom stereocenters. The lowest BCUT2D eigenvalue weighted by atomic mass is 10.2. The van der Waals surface area contributed by atoms with Gasteiger partial charge in [-0.3, -0.25) is 4.98 Å². The van der Waals surface area contributed by atoms with E-state index in [0.717, 1.165) is 31.4 Å². The van der Waals surface area contributed by atoms with Crippen LogP contribution in [0.3, 0.4) is 0 Å². The molecule has 1 saturated carbocycles. The number of oxazole rings is 1. The first kappa shape index (κ1) is 13.1. The van der Waals surface area contributed by atoms with Crippen molar-refractivity contribution in [1.29, 1.82) is 0 Å². The molecule has 3 heterocycles. The number of nitrogens with one attached hydrogen (secondary N) is 1. The minimum Gasteiger partial charge on any atom is -0.443 e. The Balaban J connectivity index is 2.02. The van der Waals surface area contributed by atoms with E-state index in [1.54, 1.807) is 6.26 Å². The van der Waals surface area contributed by atoms with Gasteiger partial charge in [0, 0.05) is 0 Å². The first-order valence-corrected chi connectivity index (χ1v) is 7.34. The maximum absolute atomic E-state index is 11.7. The fourth-order valence-electron chi connectivity index (χ4n) is 3.10. The molecule has 0 bridgehead atoms. The molecule has 1 aliphatic rings. The minimum absolute atomic E-state index is 0.237. The minimum atomic E-state index is -0.473. The van der Waals surface area contributed by atoms with Gasteiger partial charge in [0.15, 0.2) is 11.3 Å². The van der Waals surface area contributed by atoms with Gasteiger partial charge in [0.1, 0.15) is 12.1 Å². The van der Waals surface area contributed by atoms with Crippen LogP contribution >= 0.6 is 0 Å². The molecule has 114 valence electrons. The van der Waals surface area contributed by atoms with Crippen LogP contribution in [0, 0.1) is 6.92 Å². The van der Waals surface area contributed by atoms with Crippen LogP contribution in [0.4, 0.5) is 5.82 Å². The number of aromatic nitrogens is 5. The molecule has 8 nitrogen and oxygen atoms in total. The molecule has 0 saturated heterocycles. The molecule has 8 heteroatoms. The van der Waals surface area contributed by atoms with Crippen molar-refractivity contribution in [3.63, 3.8) is 0 Å². The average molecular weight is 300 g/mol. The summed E-state index contributed by atoms with van der Waals surface area (Å²) in [6.45, 7) is 1.84. The van der Waals surface area contributed by atoms with Crippen molar-refractivity contribution in [3.05, 3.63) is 22.4 Å². The fraction of sp³-hybridized carbons (Fsp3) is 0.429. The molecule has 3 N–H and O–H groups in total. The zero-order chi connectivity index (χ0) is 15.3. The monoisotopic (exact) mass is 300 g/mol. The fourth-order valence-corrected chi connectivity index (χ4v) is 3.10. The topological polar surface area (TPSA) is 116 Å². The van der Waals surface area contributed by atoms with Crippen LogP contribution in [0.25, 0.3) is 22.6 Å². The molecule has 1 aliphatic carbocycles. The average Bonchev–Trinajstić information content (AvgIpc) is 3.16. The van der Waals surface area contributed by atoms with E-state index in [1.165, 1.54) is 0 Å². The van der Waals surface area contributed by atoms with Gasteiger partial charge in [0.05, 0.1) is 17.1 Å². The van der Waals surface area contributed by atoms with E-state index < -0.39 is 5.69 Å². The van der Waals surface area contributed by atoms with Crippen LogP contribution in [-0.4, -0.2) is 24.7 Å². The van der Waals surface area contributed by atoms with Crippen molar-refractivity contribution in [1.82, 2.24) is 24.7 Å². The summed E-state index contributed by atoms with van der Waals surface area (Å²) in [4.78, 5) is 22.6. The van der Waals surface area contributed by atoms with E-state index in [0.29, 0.717) is 22.6 Å². The van der Waals surface area contributed by atoms with E-state index in [4.69, 9.17) is 10.2 Å². The lowest BCUT2D eigenvalue weighted by Crippen LogP contribution is -2.15. The zero-order valence-electron chi connectivity index (χ0n) is 12.2. The Morgan fingerprint density at radius 1 is 1.36 bits per heavy atom. The lowest BCUT2D eigenvalue weighted by Gasteiger charge is -2.09. The van der Waals surface area contributed by atoms with Gasteiger partial charge in [-0.05, 0) is 19.8 Å². The predicted octanol–water partition coefficient (Wildman–Crippen LogP) is 1.78. The maximum atomic E-state index is 11.7. The molecule has 3 aromatic heterocycles. The first-order chi connectivity index (χ1) is 10.6. The summed E-state index contributed by atoms with van der Waals surface area (Å²) in [7, 11) is 0. The summed E-state index contributed by atoms with van der Waals surface area (Å²) < 4.78 is 7.27. The normalized spacial score (nSPS) is 15.9. The van der Waals surface area contributed by atoms with Crippen LogP contribution in [-0.2, 0) is 0 Å². The highest BCUT2D eigenvalue weighted by Gasteiger charge is 2.26. The zero-order valence-corrected chi connectivity index (χ0v) is 12.2. The lowest BCUT2D eigenvalue weighted by molar-refractivity contribution is 0.476. The summed E-state index contributed by atoms with van der Waals surface area (Å²) in [6.07, 6.45) is 5.91. The van der Waals surface area contributed by atoms with E-state index in [-0.39, 0.29) is 11.9 Å². The molecular weight excluding hydrogens is 284 g/mol. The van der Waals surface area contributed by atoms with Crippen LogP contribution in [0.2, 0.25) is 0 Å². The van der Waals surface area contributed by atoms with Gasteiger partial charge >= 0.3 is 5.69 Å². The number of hydrogen-bond donors (Lipinski definition) is 2. The number of nitrogens with two attached hydrogens (primary N) is 1. The molecule has 0 aromatic carbocycles. The quantitative estimate of drug-likeness (QED) is 0.745. The molecule has 0 radical (unpaired) electrons. The third-order valence-corrected chi connectivity index (χ3v) is 4.10. The van der Waals surface area contributed by atoms with Crippen LogP contribution < -0.4 is 11.4 Å². The highest BCUT2D eigenvalue weighted by molar-refractivity contribution is 5.96. The van der Waals surface area contributed by atoms with Crippen molar-refractivity contribution in [2.75, 3.05) is 5.73 Å². The summed E-state index contributed by atoms with van der Waals surface area (Å²) in [5.41, 5.74) is 7.30. The van der Waals surface area contributed by atoms with Crippen molar-refractivity contribution in [3.8, 4) is 11.6 Å². The predicted molar refractivity (Wildman–Crippen MR) is 80.3 cm³/mol. The molecule has 0 amide bonds. The number of hydrogen-bond acceptors (Lipinski definition) is 6. The Morgan fingerprint density at radius 2 is 2.14 bits per heavy atom. The largest absolute Gasteiger partial charge is 0.443 e. The Labute approximate surface area is 125 Å². The van der Waals surface area contributed by atoms with Gasteiger partial charge in [-0.25, -0.2) is 14.5 Å². The number of fused-ring (bicyclic) bond motifs is 1. The Bertz CT molecular complexity index is 900. The van der Waals surface area contributed by atoms with Crippen molar-refractivity contribution in [2.45, 2.75) is 38.6 Å². The van der Waals surface area contributed by atoms with Crippen molar-refractivity contribution in [2.24, 2.45) is 0 Å². The van der Waals surface area contributed by atoms with Crippen molar-refractivity contribution < 1.29 is 4.42 Å². The van der Waals surface area contributed by atoms with Gasteiger partial charge in [-0.1, -0.05) is 12.8 Å². The summed E-state index contributed by atoms with van der Waals surface area (Å²) in [6, 6.07) is 0.237. The molecular formula is C14H16N6O2. The number of H-pyrrole nitrogens is 1. The van der Waals surface area contributed by atoms with E-state index in [2.05, 4.69) is 20.1 Å². The van der Waals surface area contributed by atoms with Gasteiger partial charge < -0.3 is 10.2 Å². The van der Waals surface area contributed by atoms with Crippen LogP contribution in [0.15, 0.2) is 15.5 Å². The third-order valence-electron chi connectivity index (χ3n) is 4.10. The number of nitrogens with zero attached hydrogens (tertiary/aromatic N) is 4. The molecule has 1 fully saturated rings. The number of anilines is 1. The Hall–Kier alpha value is -2.64. The highest BCUT2D eigenvalue weighted by atomic mass is 16.3. The smallest absolute Gasteiger partial charge is 0.348 e. The number of aromatic amines is 1. The Kier molecular flexibility index (Phi) is 2.78.